The molecule has 0 fully saturated rings. The Balaban J connectivity index is 3.37. The van der Waals surface area contributed by atoms with Crippen LogP contribution in [0.1, 0.15) is 26.2 Å². The fourth-order valence-electron chi connectivity index (χ4n) is 0.979. The van der Waals surface area contributed by atoms with Gasteiger partial charge in [0.15, 0.2) is 6.61 Å². The van der Waals surface area contributed by atoms with Crippen LogP contribution in [0.2, 0.25) is 0 Å². The van der Waals surface area contributed by atoms with E-state index >= 15 is 0 Å². The first kappa shape index (κ1) is 14.3. The zero-order valence-electron chi connectivity index (χ0n) is 9.74. The van der Waals surface area contributed by atoms with Gasteiger partial charge in [0.25, 0.3) is 0 Å². The van der Waals surface area contributed by atoms with Gasteiger partial charge >= 0.3 is 6.09 Å². The average molecular weight is 221 g/mol. The second-order valence-corrected chi connectivity index (χ2v) is 3.09. The van der Waals surface area contributed by atoms with Crippen LogP contribution in [0.4, 0.5) is 4.79 Å². The maximum absolute atomic E-state index is 10.9. The van der Waals surface area contributed by atoms with E-state index in [0.29, 0.717) is 6.54 Å². The summed E-state index contributed by atoms with van der Waals surface area (Å²) in [4.78, 5) is 10.9. The van der Waals surface area contributed by atoms with Crippen molar-refractivity contribution in [2.45, 2.75) is 26.2 Å². The molecule has 0 aliphatic heterocycles. The molecule has 0 radical (unpaired) electrons. The van der Waals surface area contributed by atoms with E-state index in [1.54, 1.807) is 0 Å². The molecular formula is C13H19NO2. The quantitative estimate of drug-likeness (QED) is 0.408. The summed E-state index contributed by atoms with van der Waals surface area (Å²) in [5, 5.41) is 2.56. The molecule has 0 atom stereocenters. The Hall–Kier alpha value is -1.69. The number of nitrogens with one attached hydrogen (secondary N) is 1. The standard InChI is InChI=1S/C13H19NO2/c1-3-5-6-7-8-9-10-11-14-13(15)16-12-4-2/h2,5-6,9-10H,3,7-8,11-12H2,1H3,(H,14,15)/b6-5-,10-9+. The van der Waals surface area contributed by atoms with Gasteiger partial charge in [-0.3, -0.25) is 0 Å². The molecule has 0 aromatic heterocycles. The largest absolute Gasteiger partial charge is 0.436 e. The van der Waals surface area contributed by atoms with Gasteiger partial charge in [0.05, 0.1) is 0 Å². The van der Waals surface area contributed by atoms with Gasteiger partial charge in [-0.05, 0) is 19.3 Å². The molecule has 1 N–H and O–H groups in total. The minimum atomic E-state index is -0.478. The molecule has 0 unspecified atom stereocenters. The lowest BCUT2D eigenvalue weighted by Crippen LogP contribution is -2.24. The molecule has 0 spiro atoms. The van der Waals surface area contributed by atoms with Crippen LogP contribution in [0.15, 0.2) is 24.3 Å². The van der Waals surface area contributed by atoms with Gasteiger partial charge in [-0.15, -0.1) is 6.42 Å². The topological polar surface area (TPSA) is 38.3 Å². The number of rotatable bonds is 7. The number of hydrogen-bond acceptors (Lipinski definition) is 2. The molecule has 3 heteroatoms. The van der Waals surface area contributed by atoms with E-state index in [9.17, 15) is 4.79 Å². The number of carbonyl (C=O) groups is 1. The number of alkyl carbamates (subject to hydrolysis) is 1. The van der Waals surface area contributed by atoms with Gasteiger partial charge in [0, 0.05) is 6.54 Å². The highest BCUT2D eigenvalue weighted by Gasteiger charge is 1.95. The Kier molecular flexibility index (Phi) is 10.2. The Bertz CT molecular complexity index is 274. The molecule has 0 heterocycles. The van der Waals surface area contributed by atoms with E-state index in [2.05, 4.69) is 35.0 Å². The second kappa shape index (κ2) is 11.4. The third-order valence-corrected chi connectivity index (χ3v) is 1.72. The summed E-state index contributed by atoms with van der Waals surface area (Å²) < 4.78 is 4.62. The van der Waals surface area contributed by atoms with Crippen molar-refractivity contribution in [1.82, 2.24) is 5.32 Å². The van der Waals surface area contributed by atoms with E-state index in [0.717, 1.165) is 19.3 Å². The van der Waals surface area contributed by atoms with E-state index in [1.807, 2.05) is 12.2 Å². The predicted octanol–water partition coefficient (Wildman–Crippen LogP) is 2.65. The van der Waals surface area contributed by atoms with Crippen LogP contribution >= 0.6 is 0 Å². The number of carbonyl (C=O) groups excluding carboxylic acids is 1. The van der Waals surface area contributed by atoms with Crippen molar-refractivity contribution >= 4 is 6.09 Å². The number of allylic oxidation sites excluding steroid dienone is 3. The first-order valence-electron chi connectivity index (χ1n) is 5.45. The molecule has 0 bridgehead atoms. The number of terminal acetylenes is 1. The van der Waals surface area contributed by atoms with Gasteiger partial charge in [-0.2, -0.15) is 0 Å². The lowest BCUT2D eigenvalue weighted by molar-refractivity contribution is 0.161. The van der Waals surface area contributed by atoms with Crippen molar-refractivity contribution in [1.29, 1.82) is 0 Å². The van der Waals surface area contributed by atoms with Gasteiger partial charge in [-0.25, -0.2) is 4.79 Å². The first-order valence-corrected chi connectivity index (χ1v) is 5.45. The summed E-state index contributed by atoms with van der Waals surface area (Å²) >= 11 is 0. The SMILES string of the molecule is C#CCOC(=O)NC/C=C/CC/C=C\CC. The minimum absolute atomic E-state index is 0.0113. The molecular weight excluding hydrogens is 202 g/mol. The summed E-state index contributed by atoms with van der Waals surface area (Å²) in [6.07, 6.45) is 15.8. The summed E-state index contributed by atoms with van der Waals surface area (Å²) in [6, 6.07) is 0. The minimum Gasteiger partial charge on any atom is -0.436 e. The van der Waals surface area contributed by atoms with Crippen LogP contribution in [0, 0.1) is 12.3 Å². The Morgan fingerprint density at radius 1 is 1.31 bits per heavy atom. The monoisotopic (exact) mass is 221 g/mol. The van der Waals surface area contributed by atoms with Crippen LogP contribution in [0.5, 0.6) is 0 Å². The molecule has 0 aliphatic rings. The zero-order valence-corrected chi connectivity index (χ0v) is 9.74. The number of amides is 1. The van der Waals surface area contributed by atoms with Gasteiger partial charge in [0.2, 0.25) is 0 Å². The smallest absolute Gasteiger partial charge is 0.408 e. The molecule has 16 heavy (non-hydrogen) atoms. The zero-order chi connectivity index (χ0) is 12.1. The van der Waals surface area contributed by atoms with Crippen molar-refractivity contribution in [3.63, 3.8) is 0 Å². The molecule has 1 amide bonds. The van der Waals surface area contributed by atoms with Crippen LogP contribution in [0.25, 0.3) is 0 Å². The van der Waals surface area contributed by atoms with Gasteiger partial charge in [-0.1, -0.05) is 37.1 Å². The van der Waals surface area contributed by atoms with Crippen molar-refractivity contribution in [2.75, 3.05) is 13.2 Å². The third kappa shape index (κ3) is 10.4. The van der Waals surface area contributed by atoms with Crippen molar-refractivity contribution < 1.29 is 9.53 Å². The number of unbranched alkanes of at least 4 members (excludes halogenated alkanes) is 1. The fraction of sp³-hybridized carbons (Fsp3) is 0.462. The highest BCUT2D eigenvalue weighted by atomic mass is 16.5. The maximum Gasteiger partial charge on any atom is 0.408 e. The van der Waals surface area contributed by atoms with E-state index in [1.165, 1.54) is 0 Å². The van der Waals surface area contributed by atoms with Crippen LogP contribution in [-0.2, 0) is 4.74 Å². The van der Waals surface area contributed by atoms with Crippen LogP contribution in [0.3, 0.4) is 0 Å². The van der Waals surface area contributed by atoms with E-state index in [-0.39, 0.29) is 6.61 Å². The summed E-state index contributed by atoms with van der Waals surface area (Å²) in [5.41, 5.74) is 0. The number of hydrogen-bond donors (Lipinski definition) is 1. The molecule has 0 aromatic rings. The average Bonchev–Trinajstić information content (AvgIpc) is 2.30. The first-order chi connectivity index (χ1) is 7.81. The lowest BCUT2D eigenvalue weighted by atomic mass is 10.2. The van der Waals surface area contributed by atoms with E-state index in [4.69, 9.17) is 6.42 Å². The Labute approximate surface area is 97.6 Å². The summed E-state index contributed by atoms with van der Waals surface area (Å²) in [6.45, 7) is 2.59. The lowest BCUT2D eigenvalue weighted by Gasteiger charge is -2.00. The van der Waals surface area contributed by atoms with Crippen molar-refractivity contribution in [3.05, 3.63) is 24.3 Å². The Morgan fingerprint density at radius 3 is 2.62 bits per heavy atom. The summed E-state index contributed by atoms with van der Waals surface area (Å²) in [5.74, 6) is 2.22. The normalized spacial score (nSPS) is 10.5. The number of ether oxygens (including phenoxy) is 1. The molecule has 88 valence electrons. The third-order valence-electron chi connectivity index (χ3n) is 1.72. The molecule has 0 aromatic carbocycles. The maximum atomic E-state index is 10.9. The van der Waals surface area contributed by atoms with Crippen molar-refractivity contribution in [3.8, 4) is 12.3 Å². The molecule has 0 rings (SSSR count). The van der Waals surface area contributed by atoms with Crippen LogP contribution < -0.4 is 5.32 Å². The highest BCUT2D eigenvalue weighted by Crippen LogP contribution is 1.93. The van der Waals surface area contributed by atoms with E-state index < -0.39 is 6.09 Å². The molecule has 3 nitrogen and oxygen atoms in total. The van der Waals surface area contributed by atoms with Gasteiger partial charge in [0.1, 0.15) is 0 Å². The van der Waals surface area contributed by atoms with Gasteiger partial charge < -0.3 is 10.1 Å². The second-order valence-electron chi connectivity index (χ2n) is 3.09. The Morgan fingerprint density at radius 2 is 2.00 bits per heavy atom. The molecule has 0 saturated carbocycles. The predicted molar refractivity (Wildman–Crippen MR) is 66.0 cm³/mol. The highest BCUT2D eigenvalue weighted by molar-refractivity contribution is 5.67. The van der Waals surface area contributed by atoms with Crippen LogP contribution in [-0.4, -0.2) is 19.2 Å². The summed E-state index contributed by atoms with van der Waals surface area (Å²) in [7, 11) is 0. The van der Waals surface area contributed by atoms with Crippen molar-refractivity contribution in [2.24, 2.45) is 0 Å². The fourth-order valence-corrected chi connectivity index (χ4v) is 0.979. The molecule has 0 saturated heterocycles. The molecule has 0 aliphatic carbocycles.